The van der Waals surface area contributed by atoms with Crippen molar-refractivity contribution in [3.8, 4) is 0 Å². The van der Waals surface area contributed by atoms with Crippen molar-refractivity contribution < 1.29 is 8.78 Å². The van der Waals surface area contributed by atoms with Crippen molar-refractivity contribution in [1.82, 2.24) is 29.2 Å². The summed E-state index contributed by atoms with van der Waals surface area (Å²) in [4.78, 5) is 19.6. The Bertz CT molecular complexity index is 1010. The molecule has 3 aromatic rings. The maximum absolute atomic E-state index is 13.2. The molecule has 0 amide bonds. The van der Waals surface area contributed by atoms with E-state index in [-0.39, 0.29) is 6.04 Å². The fourth-order valence-electron chi connectivity index (χ4n) is 3.69. The van der Waals surface area contributed by atoms with Crippen LogP contribution >= 0.6 is 0 Å². The lowest BCUT2D eigenvalue weighted by Crippen LogP contribution is -2.34. The van der Waals surface area contributed by atoms with Crippen LogP contribution in [-0.2, 0) is 20.1 Å². The van der Waals surface area contributed by atoms with Gasteiger partial charge < -0.3 is 4.57 Å². The predicted molar refractivity (Wildman–Crippen MR) is 95.4 cm³/mol. The molecule has 0 N–H and O–H groups in total. The highest BCUT2D eigenvalue weighted by atomic mass is 19.3. The molecule has 3 heterocycles. The van der Waals surface area contributed by atoms with E-state index in [1.165, 1.54) is 0 Å². The number of benzene rings is 1. The molecule has 142 valence electrons. The minimum atomic E-state index is -2.63. The van der Waals surface area contributed by atoms with Gasteiger partial charge in [0, 0.05) is 7.05 Å². The number of halogens is 2. The number of alkyl halides is 2. The van der Waals surface area contributed by atoms with Gasteiger partial charge in [-0.05, 0) is 31.5 Å². The summed E-state index contributed by atoms with van der Waals surface area (Å²) in [5.41, 5.74) is 0.120. The van der Waals surface area contributed by atoms with Crippen molar-refractivity contribution >= 4 is 10.9 Å². The summed E-state index contributed by atoms with van der Waals surface area (Å²) in [5.74, 6) is 1.18. The van der Waals surface area contributed by atoms with Crippen molar-refractivity contribution in [2.24, 2.45) is 7.05 Å². The van der Waals surface area contributed by atoms with Gasteiger partial charge in [-0.1, -0.05) is 12.1 Å². The normalized spacial score (nSPS) is 18.0. The Hall–Kier alpha value is -2.68. The summed E-state index contributed by atoms with van der Waals surface area (Å²) in [6.07, 6.45) is 0.658. The first-order valence-electron chi connectivity index (χ1n) is 8.89. The standard InChI is InChI=1S/C18H20F2N6O/c1-24-11-21-23-16(24)10-25-8-4-7-14(25)17-22-13-6-3-2-5-12(13)18(27)26(17)9-15(19)20/h2-3,5-6,11,14-15H,4,7-10H2,1H3. The fourth-order valence-corrected chi connectivity index (χ4v) is 3.69. The summed E-state index contributed by atoms with van der Waals surface area (Å²) in [5, 5.41) is 8.36. The number of aromatic nitrogens is 5. The number of hydrogen-bond acceptors (Lipinski definition) is 5. The number of hydrogen-bond donors (Lipinski definition) is 0. The molecule has 0 radical (unpaired) electrons. The number of rotatable bonds is 5. The fraction of sp³-hybridized carbons (Fsp3) is 0.444. The SMILES string of the molecule is Cn1cnnc1CN1CCCC1c1nc2ccccc2c(=O)n1CC(F)F. The van der Waals surface area contributed by atoms with E-state index in [1.807, 2.05) is 11.6 Å². The van der Waals surface area contributed by atoms with Crippen molar-refractivity contribution in [1.29, 1.82) is 0 Å². The van der Waals surface area contributed by atoms with Crippen LogP contribution in [0, 0.1) is 0 Å². The lowest BCUT2D eigenvalue weighted by molar-refractivity contribution is 0.120. The molecule has 1 atom stereocenters. The Kier molecular flexibility index (Phi) is 4.69. The molecule has 0 bridgehead atoms. The Morgan fingerprint density at radius 2 is 2.11 bits per heavy atom. The largest absolute Gasteiger partial charge is 0.320 e. The van der Waals surface area contributed by atoms with Crippen LogP contribution in [0.2, 0.25) is 0 Å². The van der Waals surface area contributed by atoms with E-state index in [9.17, 15) is 13.6 Å². The van der Waals surface area contributed by atoms with E-state index in [0.717, 1.165) is 29.8 Å². The van der Waals surface area contributed by atoms with E-state index in [4.69, 9.17) is 0 Å². The first-order valence-corrected chi connectivity index (χ1v) is 8.89. The minimum Gasteiger partial charge on any atom is -0.320 e. The van der Waals surface area contributed by atoms with Gasteiger partial charge in [0.1, 0.15) is 18.0 Å². The van der Waals surface area contributed by atoms with Crippen LogP contribution in [0.15, 0.2) is 35.4 Å². The van der Waals surface area contributed by atoms with Gasteiger partial charge in [-0.15, -0.1) is 10.2 Å². The van der Waals surface area contributed by atoms with Crippen LogP contribution in [0.25, 0.3) is 10.9 Å². The quantitative estimate of drug-likeness (QED) is 0.684. The first kappa shape index (κ1) is 17.7. The highest BCUT2D eigenvalue weighted by molar-refractivity contribution is 5.77. The second-order valence-corrected chi connectivity index (χ2v) is 6.78. The average molecular weight is 374 g/mol. The maximum atomic E-state index is 13.2. The van der Waals surface area contributed by atoms with E-state index in [1.54, 1.807) is 30.6 Å². The van der Waals surface area contributed by atoms with Crippen LogP contribution in [0.4, 0.5) is 8.78 Å². The molecule has 0 aliphatic carbocycles. The van der Waals surface area contributed by atoms with Gasteiger partial charge in [-0.25, -0.2) is 13.8 Å². The van der Waals surface area contributed by atoms with Crippen molar-refractivity contribution in [3.63, 3.8) is 0 Å². The molecule has 1 saturated heterocycles. The third-order valence-electron chi connectivity index (χ3n) is 5.02. The number of nitrogens with zero attached hydrogens (tertiary/aromatic N) is 6. The summed E-state index contributed by atoms with van der Waals surface area (Å²) in [6.45, 7) is 0.660. The lowest BCUT2D eigenvalue weighted by Gasteiger charge is -2.26. The molecule has 9 heteroatoms. The van der Waals surface area contributed by atoms with Crippen LogP contribution in [0.1, 0.15) is 30.5 Å². The van der Waals surface area contributed by atoms with Crippen LogP contribution < -0.4 is 5.56 Å². The molecule has 1 unspecified atom stereocenters. The molecular formula is C18H20F2N6O. The van der Waals surface area contributed by atoms with E-state index >= 15 is 0 Å². The van der Waals surface area contributed by atoms with Crippen LogP contribution in [0.3, 0.4) is 0 Å². The molecule has 1 aromatic carbocycles. The Morgan fingerprint density at radius 1 is 1.30 bits per heavy atom. The average Bonchev–Trinajstić information content (AvgIpc) is 3.27. The number of likely N-dealkylation sites (tertiary alicyclic amines) is 1. The third kappa shape index (κ3) is 3.34. The van der Waals surface area contributed by atoms with E-state index in [2.05, 4.69) is 20.1 Å². The number of aryl methyl sites for hydroxylation is 1. The second kappa shape index (κ2) is 7.15. The number of fused-ring (bicyclic) bond motifs is 1. The molecule has 27 heavy (non-hydrogen) atoms. The zero-order valence-corrected chi connectivity index (χ0v) is 14.9. The monoisotopic (exact) mass is 374 g/mol. The van der Waals surface area contributed by atoms with E-state index in [0.29, 0.717) is 23.3 Å². The molecule has 1 aliphatic heterocycles. The predicted octanol–water partition coefficient (Wildman–Crippen LogP) is 2.13. The molecule has 0 saturated carbocycles. The van der Waals surface area contributed by atoms with Gasteiger partial charge in [0.2, 0.25) is 0 Å². The lowest BCUT2D eigenvalue weighted by atomic mass is 10.1. The third-order valence-corrected chi connectivity index (χ3v) is 5.02. The molecule has 0 spiro atoms. The van der Waals surface area contributed by atoms with Crippen LogP contribution in [-0.4, -0.2) is 42.2 Å². The molecule has 1 aliphatic rings. The zero-order chi connectivity index (χ0) is 19.0. The van der Waals surface area contributed by atoms with Gasteiger partial charge in [-0.3, -0.25) is 14.3 Å². The second-order valence-electron chi connectivity index (χ2n) is 6.78. The highest BCUT2D eigenvalue weighted by Gasteiger charge is 2.31. The Morgan fingerprint density at radius 3 is 2.85 bits per heavy atom. The zero-order valence-electron chi connectivity index (χ0n) is 14.9. The summed E-state index contributed by atoms with van der Waals surface area (Å²) in [6, 6.07) is 6.67. The Labute approximate surface area is 154 Å². The maximum Gasteiger partial charge on any atom is 0.261 e. The topological polar surface area (TPSA) is 68.8 Å². The highest BCUT2D eigenvalue weighted by Crippen LogP contribution is 2.32. The summed E-state index contributed by atoms with van der Waals surface area (Å²) >= 11 is 0. The van der Waals surface area contributed by atoms with Gasteiger partial charge in [0.25, 0.3) is 12.0 Å². The summed E-state index contributed by atoms with van der Waals surface area (Å²) < 4.78 is 29.4. The van der Waals surface area contributed by atoms with Crippen molar-refractivity contribution in [3.05, 3.63) is 52.6 Å². The molecular weight excluding hydrogens is 354 g/mol. The van der Waals surface area contributed by atoms with Crippen molar-refractivity contribution in [2.45, 2.75) is 38.4 Å². The Balaban J connectivity index is 1.79. The smallest absolute Gasteiger partial charge is 0.261 e. The minimum absolute atomic E-state index is 0.210. The molecule has 1 fully saturated rings. The summed E-state index contributed by atoms with van der Waals surface area (Å²) in [7, 11) is 1.86. The van der Waals surface area contributed by atoms with Crippen molar-refractivity contribution in [2.75, 3.05) is 6.54 Å². The number of para-hydroxylation sites is 1. The van der Waals surface area contributed by atoms with Gasteiger partial charge in [0.05, 0.1) is 30.0 Å². The van der Waals surface area contributed by atoms with Crippen LogP contribution in [0.5, 0.6) is 0 Å². The van der Waals surface area contributed by atoms with E-state index < -0.39 is 18.5 Å². The van der Waals surface area contributed by atoms with Gasteiger partial charge in [-0.2, -0.15) is 0 Å². The first-order chi connectivity index (χ1) is 13.0. The van der Waals surface area contributed by atoms with Gasteiger partial charge in [0.15, 0.2) is 0 Å². The molecule has 4 rings (SSSR count). The molecule has 7 nitrogen and oxygen atoms in total. The molecule has 2 aromatic heterocycles. The van der Waals surface area contributed by atoms with Gasteiger partial charge >= 0.3 is 0 Å².